The van der Waals surface area contributed by atoms with E-state index in [1.54, 1.807) is 11.9 Å². The van der Waals surface area contributed by atoms with Crippen LogP contribution >= 0.6 is 0 Å². The number of nitrogens with two attached hydrogens (primary N) is 1. The Bertz CT molecular complexity index is 425. The standard InChI is InChI=1S/C12H16F2N2O/c1-7-10(3-4-17-7)16(2)11-6-8(13)5-9(14)12(11)15/h5-7,10H,3-4,15H2,1-2H3. The SMILES string of the molecule is CC1OCCC1N(C)c1cc(F)cc(F)c1N. The van der Waals surface area contributed by atoms with Gasteiger partial charge in [0, 0.05) is 19.7 Å². The van der Waals surface area contributed by atoms with Crippen molar-refractivity contribution in [3.63, 3.8) is 0 Å². The summed E-state index contributed by atoms with van der Waals surface area (Å²) in [6.07, 6.45) is 0.862. The van der Waals surface area contributed by atoms with Gasteiger partial charge >= 0.3 is 0 Å². The summed E-state index contributed by atoms with van der Waals surface area (Å²) in [6.45, 7) is 2.61. The maximum absolute atomic E-state index is 13.4. The second-order valence-electron chi connectivity index (χ2n) is 4.36. The Labute approximate surface area is 99.2 Å². The molecule has 17 heavy (non-hydrogen) atoms. The molecule has 0 bridgehead atoms. The summed E-state index contributed by atoms with van der Waals surface area (Å²) in [4.78, 5) is 1.79. The van der Waals surface area contributed by atoms with E-state index in [1.165, 1.54) is 6.07 Å². The molecular weight excluding hydrogens is 226 g/mol. The molecule has 1 fully saturated rings. The molecule has 5 heteroatoms. The molecule has 94 valence electrons. The normalized spacial score (nSPS) is 24.0. The first kappa shape index (κ1) is 12.1. The van der Waals surface area contributed by atoms with Gasteiger partial charge in [-0.3, -0.25) is 0 Å². The molecule has 0 aliphatic carbocycles. The van der Waals surface area contributed by atoms with Gasteiger partial charge in [0.25, 0.3) is 0 Å². The number of ether oxygens (including phenoxy) is 1. The number of likely N-dealkylation sites (N-methyl/N-ethyl adjacent to an activating group) is 1. The van der Waals surface area contributed by atoms with Crippen LogP contribution in [0.4, 0.5) is 20.2 Å². The summed E-state index contributed by atoms with van der Waals surface area (Å²) in [6, 6.07) is 2.14. The number of anilines is 2. The Morgan fingerprint density at radius 1 is 1.41 bits per heavy atom. The zero-order valence-electron chi connectivity index (χ0n) is 9.91. The Morgan fingerprint density at radius 2 is 2.12 bits per heavy atom. The van der Waals surface area contributed by atoms with Gasteiger partial charge in [-0.05, 0) is 19.4 Å². The largest absolute Gasteiger partial charge is 0.395 e. The molecule has 0 saturated carbocycles. The molecule has 1 saturated heterocycles. The van der Waals surface area contributed by atoms with Crippen LogP contribution < -0.4 is 10.6 Å². The minimum absolute atomic E-state index is 0.0204. The molecule has 2 atom stereocenters. The predicted molar refractivity (Wildman–Crippen MR) is 63.0 cm³/mol. The molecule has 2 unspecified atom stereocenters. The molecular formula is C12H16F2N2O. The van der Waals surface area contributed by atoms with E-state index in [9.17, 15) is 8.78 Å². The minimum Gasteiger partial charge on any atom is -0.395 e. The summed E-state index contributed by atoms with van der Waals surface area (Å²) in [5, 5.41) is 0. The molecule has 0 aromatic heterocycles. The van der Waals surface area contributed by atoms with Gasteiger partial charge in [0.05, 0.1) is 23.5 Å². The lowest BCUT2D eigenvalue weighted by Gasteiger charge is -2.29. The first-order chi connectivity index (χ1) is 8.00. The van der Waals surface area contributed by atoms with Crippen molar-refractivity contribution < 1.29 is 13.5 Å². The van der Waals surface area contributed by atoms with E-state index in [4.69, 9.17) is 10.5 Å². The van der Waals surface area contributed by atoms with Gasteiger partial charge < -0.3 is 15.4 Å². The summed E-state index contributed by atoms with van der Waals surface area (Å²) in [7, 11) is 1.78. The molecule has 1 aliphatic heterocycles. The van der Waals surface area contributed by atoms with Gasteiger partial charge in [0.1, 0.15) is 5.82 Å². The quantitative estimate of drug-likeness (QED) is 0.808. The maximum Gasteiger partial charge on any atom is 0.151 e. The fourth-order valence-electron chi connectivity index (χ4n) is 2.27. The van der Waals surface area contributed by atoms with Crippen molar-refractivity contribution in [2.24, 2.45) is 0 Å². The van der Waals surface area contributed by atoms with Crippen LogP contribution in [0.25, 0.3) is 0 Å². The summed E-state index contributed by atoms with van der Waals surface area (Å²) < 4.78 is 32.0. The van der Waals surface area contributed by atoms with E-state index >= 15 is 0 Å². The van der Waals surface area contributed by atoms with E-state index < -0.39 is 11.6 Å². The van der Waals surface area contributed by atoms with Crippen LogP contribution in [0.1, 0.15) is 13.3 Å². The zero-order chi connectivity index (χ0) is 12.6. The van der Waals surface area contributed by atoms with Gasteiger partial charge in [0.15, 0.2) is 5.82 Å². The lowest BCUT2D eigenvalue weighted by atomic mass is 10.1. The Morgan fingerprint density at radius 3 is 2.71 bits per heavy atom. The molecule has 1 heterocycles. The van der Waals surface area contributed by atoms with Crippen molar-refractivity contribution in [2.75, 3.05) is 24.3 Å². The molecule has 0 radical (unpaired) electrons. The van der Waals surface area contributed by atoms with Gasteiger partial charge in [-0.2, -0.15) is 0 Å². The lowest BCUT2D eigenvalue weighted by Crippen LogP contribution is -2.37. The molecule has 1 aromatic rings. The topological polar surface area (TPSA) is 38.5 Å². The number of rotatable bonds is 2. The molecule has 0 amide bonds. The Hall–Kier alpha value is -1.36. The van der Waals surface area contributed by atoms with Crippen LogP contribution in [0, 0.1) is 11.6 Å². The van der Waals surface area contributed by atoms with E-state index in [2.05, 4.69) is 0 Å². The van der Waals surface area contributed by atoms with Gasteiger partial charge in [-0.25, -0.2) is 8.78 Å². The second kappa shape index (κ2) is 4.49. The fourth-order valence-corrected chi connectivity index (χ4v) is 2.27. The van der Waals surface area contributed by atoms with E-state index in [0.29, 0.717) is 12.3 Å². The van der Waals surface area contributed by atoms with Gasteiger partial charge in [0.2, 0.25) is 0 Å². The van der Waals surface area contributed by atoms with Crippen LogP contribution in [0.2, 0.25) is 0 Å². The summed E-state index contributed by atoms with van der Waals surface area (Å²) in [5.74, 6) is -1.34. The van der Waals surface area contributed by atoms with Crippen molar-refractivity contribution in [1.82, 2.24) is 0 Å². The van der Waals surface area contributed by atoms with Crippen LogP contribution in [-0.4, -0.2) is 25.8 Å². The summed E-state index contributed by atoms with van der Waals surface area (Å²) in [5.41, 5.74) is 6.00. The van der Waals surface area contributed by atoms with Crippen molar-refractivity contribution in [1.29, 1.82) is 0 Å². The van der Waals surface area contributed by atoms with Crippen molar-refractivity contribution in [3.8, 4) is 0 Å². The number of nitrogen functional groups attached to an aromatic ring is 1. The number of benzene rings is 1. The number of nitrogens with zero attached hydrogens (tertiary/aromatic N) is 1. The highest BCUT2D eigenvalue weighted by atomic mass is 19.1. The molecule has 0 spiro atoms. The van der Waals surface area contributed by atoms with Crippen LogP contribution in [0.15, 0.2) is 12.1 Å². The maximum atomic E-state index is 13.4. The highest BCUT2D eigenvalue weighted by Gasteiger charge is 2.29. The average Bonchev–Trinajstić information content (AvgIpc) is 2.69. The van der Waals surface area contributed by atoms with Gasteiger partial charge in [-0.1, -0.05) is 0 Å². The predicted octanol–water partition coefficient (Wildman–Crippen LogP) is 2.16. The summed E-state index contributed by atoms with van der Waals surface area (Å²) >= 11 is 0. The first-order valence-electron chi connectivity index (χ1n) is 5.59. The number of hydrogen-bond donors (Lipinski definition) is 1. The van der Waals surface area contributed by atoms with Crippen molar-refractivity contribution in [2.45, 2.75) is 25.5 Å². The van der Waals surface area contributed by atoms with Crippen LogP contribution in [-0.2, 0) is 4.74 Å². The third kappa shape index (κ3) is 2.20. The van der Waals surface area contributed by atoms with Gasteiger partial charge in [-0.15, -0.1) is 0 Å². The van der Waals surface area contributed by atoms with Crippen molar-refractivity contribution in [3.05, 3.63) is 23.8 Å². The smallest absolute Gasteiger partial charge is 0.151 e. The van der Waals surface area contributed by atoms with E-state index in [1.807, 2.05) is 6.92 Å². The third-order valence-corrected chi connectivity index (χ3v) is 3.29. The molecule has 2 N–H and O–H groups in total. The first-order valence-corrected chi connectivity index (χ1v) is 5.59. The molecule has 1 aliphatic rings. The number of halogens is 2. The van der Waals surface area contributed by atoms with Crippen LogP contribution in [0.5, 0.6) is 0 Å². The Kier molecular flexibility index (Phi) is 3.19. The highest BCUT2D eigenvalue weighted by Crippen LogP contribution is 2.31. The van der Waals surface area contributed by atoms with E-state index in [-0.39, 0.29) is 17.8 Å². The molecule has 2 rings (SSSR count). The van der Waals surface area contributed by atoms with E-state index in [0.717, 1.165) is 12.5 Å². The monoisotopic (exact) mass is 242 g/mol. The zero-order valence-corrected chi connectivity index (χ0v) is 9.91. The number of hydrogen-bond acceptors (Lipinski definition) is 3. The third-order valence-electron chi connectivity index (χ3n) is 3.29. The molecule has 1 aromatic carbocycles. The Balaban J connectivity index is 2.33. The highest BCUT2D eigenvalue weighted by molar-refractivity contribution is 5.68. The lowest BCUT2D eigenvalue weighted by molar-refractivity contribution is 0.118. The second-order valence-corrected chi connectivity index (χ2v) is 4.36. The van der Waals surface area contributed by atoms with Crippen molar-refractivity contribution >= 4 is 11.4 Å². The molecule has 3 nitrogen and oxygen atoms in total. The van der Waals surface area contributed by atoms with Crippen LogP contribution in [0.3, 0.4) is 0 Å². The minimum atomic E-state index is -0.724. The average molecular weight is 242 g/mol. The fraction of sp³-hybridized carbons (Fsp3) is 0.500.